The fraction of sp³-hybridized carbons (Fsp3) is 0.375. The normalized spacial score (nSPS) is 12.8. The predicted molar refractivity (Wildman–Crippen MR) is 85.8 cm³/mol. The van der Waals surface area contributed by atoms with Gasteiger partial charge < -0.3 is 15.8 Å². The Bertz CT molecular complexity index is 660. The summed E-state index contributed by atoms with van der Waals surface area (Å²) >= 11 is 0. The SMILES string of the molecule is CC(C)[C@H](NC(=O)c1ccc(F)cc1)C(=O)O[C@H](C)C(=O)NC(N)=O. The van der Waals surface area contributed by atoms with E-state index in [1.165, 1.54) is 19.1 Å². The van der Waals surface area contributed by atoms with Crippen molar-refractivity contribution in [1.29, 1.82) is 0 Å². The molecule has 0 aliphatic rings. The number of primary amides is 1. The van der Waals surface area contributed by atoms with Gasteiger partial charge in [0.2, 0.25) is 0 Å². The highest BCUT2D eigenvalue weighted by Gasteiger charge is 2.29. The first-order valence-corrected chi connectivity index (χ1v) is 7.49. The van der Waals surface area contributed by atoms with Gasteiger partial charge >= 0.3 is 12.0 Å². The monoisotopic (exact) mass is 353 g/mol. The standard InChI is InChI=1S/C16H20FN3O5/c1-8(2)12(15(23)25-9(3)13(21)20-16(18)24)19-14(22)10-4-6-11(17)7-5-10/h4-9,12H,1-3H3,(H,19,22)(H3,18,20,21,24)/t9-,12+/m1/s1. The lowest BCUT2D eigenvalue weighted by molar-refractivity contribution is -0.157. The molecule has 0 saturated heterocycles. The number of hydrogen-bond acceptors (Lipinski definition) is 5. The van der Waals surface area contributed by atoms with Gasteiger partial charge in [-0.25, -0.2) is 14.0 Å². The molecule has 0 unspecified atom stereocenters. The molecular weight excluding hydrogens is 333 g/mol. The van der Waals surface area contributed by atoms with Gasteiger partial charge in [0.1, 0.15) is 11.9 Å². The van der Waals surface area contributed by atoms with Gasteiger partial charge in [-0.1, -0.05) is 13.8 Å². The Labute approximate surface area is 143 Å². The van der Waals surface area contributed by atoms with Crippen molar-refractivity contribution in [3.63, 3.8) is 0 Å². The minimum atomic E-state index is -1.27. The molecule has 0 saturated carbocycles. The largest absolute Gasteiger partial charge is 0.451 e. The lowest BCUT2D eigenvalue weighted by Crippen LogP contribution is -2.48. The highest BCUT2D eigenvalue weighted by atomic mass is 19.1. The number of amides is 4. The van der Waals surface area contributed by atoms with Gasteiger partial charge in [0.15, 0.2) is 6.10 Å². The summed E-state index contributed by atoms with van der Waals surface area (Å²) in [6.45, 7) is 4.60. The molecule has 0 bridgehead atoms. The summed E-state index contributed by atoms with van der Waals surface area (Å²) in [5.41, 5.74) is 4.98. The van der Waals surface area contributed by atoms with Crippen molar-refractivity contribution in [2.75, 3.05) is 0 Å². The smallest absolute Gasteiger partial charge is 0.329 e. The zero-order valence-electron chi connectivity index (χ0n) is 14.0. The first-order chi connectivity index (χ1) is 11.6. The van der Waals surface area contributed by atoms with E-state index in [4.69, 9.17) is 10.5 Å². The molecule has 0 spiro atoms. The Morgan fingerprint density at radius 2 is 1.64 bits per heavy atom. The Balaban J connectivity index is 2.76. The van der Waals surface area contributed by atoms with Crippen LogP contribution in [0, 0.1) is 11.7 Å². The minimum Gasteiger partial charge on any atom is -0.451 e. The van der Waals surface area contributed by atoms with Crippen LogP contribution < -0.4 is 16.4 Å². The van der Waals surface area contributed by atoms with Crippen molar-refractivity contribution in [3.8, 4) is 0 Å². The third kappa shape index (κ3) is 6.21. The third-order valence-electron chi connectivity index (χ3n) is 3.22. The summed E-state index contributed by atoms with van der Waals surface area (Å²) < 4.78 is 17.9. The quantitative estimate of drug-likeness (QED) is 0.649. The summed E-state index contributed by atoms with van der Waals surface area (Å²) in [6, 6.07) is 2.67. The molecule has 0 aromatic heterocycles. The maximum Gasteiger partial charge on any atom is 0.329 e. The minimum absolute atomic E-state index is 0.166. The topological polar surface area (TPSA) is 128 Å². The maximum atomic E-state index is 12.9. The first-order valence-electron chi connectivity index (χ1n) is 7.49. The Morgan fingerprint density at radius 1 is 1.08 bits per heavy atom. The van der Waals surface area contributed by atoms with E-state index in [1.807, 2.05) is 0 Å². The van der Waals surface area contributed by atoms with Crippen molar-refractivity contribution < 1.29 is 28.3 Å². The molecular formula is C16H20FN3O5. The number of imide groups is 1. The summed E-state index contributed by atoms with van der Waals surface area (Å²) in [5.74, 6) is -3.16. The van der Waals surface area contributed by atoms with Crippen molar-refractivity contribution in [3.05, 3.63) is 35.6 Å². The predicted octanol–water partition coefficient (Wildman–Crippen LogP) is 0.707. The Morgan fingerprint density at radius 3 is 2.12 bits per heavy atom. The molecule has 4 amide bonds. The molecule has 0 aliphatic heterocycles. The maximum absolute atomic E-state index is 12.9. The number of urea groups is 1. The number of nitrogens with two attached hydrogens (primary N) is 1. The molecule has 9 heteroatoms. The molecule has 0 aliphatic carbocycles. The summed E-state index contributed by atoms with van der Waals surface area (Å²) in [6.07, 6.45) is -1.27. The van der Waals surface area contributed by atoms with E-state index in [9.17, 15) is 23.6 Å². The van der Waals surface area contributed by atoms with Crippen LogP contribution in [0.5, 0.6) is 0 Å². The van der Waals surface area contributed by atoms with Gasteiger partial charge in [-0.3, -0.25) is 14.9 Å². The number of carbonyl (C=O) groups excluding carboxylic acids is 4. The lowest BCUT2D eigenvalue weighted by atomic mass is 10.0. The highest BCUT2D eigenvalue weighted by Crippen LogP contribution is 2.09. The molecule has 1 rings (SSSR count). The molecule has 2 atom stereocenters. The average molecular weight is 353 g/mol. The zero-order chi connectivity index (χ0) is 19.1. The van der Waals surface area contributed by atoms with Crippen LogP contribution in [0.3, 0.4) is 0 Å². The molecule has 0 fully saturated rings. The molecule has 25 heavy (non-hydrogen) atoms. The van der Waals surface area contributed by atoms with E-state index >= 15 is 0 Å². The molecule has 0 radical (unpaired) electrons. The fourth-order valence-electron chi connectivity index (χ4n) is 1.85. The second-order valence-electron chi connectivity index (χ2n) is 5.63. The van der Waals surface area contributed by atoms with Crippen LogP contribution in [0.25, 0.3) is 0 Å². The van der Waals surface area contributed by atoms with Crippen molar-refractivity contribution in [2.24, 2.45) is 11.7 Å². The van der Waals surface area contributed by atoms with E-state index in [0.717, 1.165) is 12.1 Å². The molecule has 1 aromatic rings. The van der Waals surface area contributed by atoms with Crippen LogP contribution in [0.15, 0.2) is 24.3 Å². The van der Waals surface area contributed by atoms with Crippen LogP contribution in [0.4, 0.5) is 9.18 Å². The van der Waals surface area contributed by atoms with E-state index in [2.05, 4.69) is 5.32 Å². The molecule has 1 aromatic carbocycles. The second-order valence-corrected chi connectivity index (χ2v) is 5.63. The fourth-order valence-corrected chi connectivity index (χ4v) is 1.85. The van der Waals surface area contributed by atoms with Crippen molar-refractivity contribution in [1.82, 2.24) is 10.6 Å². The lowest BCUT2D eigenvalue weighted by Gasteiger charge is -2.22. The van der Waals surface area contributed by atoms with Crippen LogP contribution in [0.1, 0.15) is 31.1 Å². The van der Waals surface area contributed by atoms with E-state index in [1.54, 1.807) is 19.2 Å². The molecule has 4 N–H and O–H groups in total. The number of rotatable bonds is 6. The van der Waals surface area contributed by atoms with Crippen LogP contribution in [0.2, 0.25) is 0 Å². The number of nitrogens with one attached hydrogen (secondary N) is 2. The second kappa shape index (κ2) is 8.76. The summed E-state index contributed by atoms with van der Waals surface area (Å²) in [4.78, 5) is 46.6. The van der Waals surface area contributed by atoms with Crippen LogP contribution >= 0.6 is 0 Å². The highest BCUT2D eigenvalue weighted by molar-refractivity contribution is 5.98. The van der Waals surface area contributed by atoms with Crippen LogP contribution in [-0.4, -0.2) is 36.0 Å². The average Bonchev–Trinajstić information content (AvgIpc) is 2.51. The van der Waals surface area contributed by atoms with Crippen molar-refractivity contribution in [2.45, 2.75) is 32.9 Å². The van der Waals surface area contributed by atoms with Gasteiger partial charge in [0.05, 0.1) is 0 Å². The molecule has 0 heterocycles. The van der Waals surface area contributed by atoms with Gasteiger partial charge in [-0.2, -0.15) is 0 Å². The van der Waals surface area contributed by atoms with Gasteiger partial charge in [0, 0.05) is 5.56 Å². The molecule has 136 valence electrons. The first kappa shape index (κ1) is 20.1. The van der Waals surface area contributed by atoms with E-state index < -0.39 is 41.8 Å². The third-order valence-corrected chi connectivity index (χ3v) is 3.22. The Hall–Kier alpha value is -2.97. The van der Waals surface area contributed by atoms with E-state index in [-0.39, 0.29) is 11.5 Å². The summed E-state index contributed by atoms with van der Waals surface area (Å²) in [5, 5.41) is 4.27. The number of carbonyl (C=O) groups is 4. The summed E-state index contributed by atoms with van der Waals surface area (Å²) in [7, 11) is 0. The van der Waals surface area contributed by atoms with Crippen molar-refractivity contribution >= 4 is 23.8 Å². The molecule has 8 nitrogen and oxygen atoms in total. The number of ether oxygens (including phenoxy) is 1. The van der Waals surface area contributed by atoms with Gasteiger partial charge in [-0.05, 0) is 37.1 Å². The zero-order valence-corrected chi connectivity index (χ0v) is 14.0. The van der Waals surface area contributed by atoms with Gasteiger partial charge in [-0.15, -0.1) is 0 Å². The van der Waals surface area contributed by atoms with Gasteiger partial charge in [0.25, 0.3) is 11.8 Å². The number of halogens is 1. The van der Waals surface area contributed by atoms with E-state index in [0.29, 0.717) is 0 Å². The number of hydrogen-bond donors (Lipinski definition) is 3. The Kier molecular flexibility index (Phi) is 7.04. The van der Waals surface area contributed by atoms with Crippen LogP contribution in [-0.2, 0) is 14.3 Å². The number of benzene rings is 1. The number of esters is 1.